The highest BCUT2D eigenvalue weighted by Gasteiger charge is 1.87. The predicted octanol–water partition coefficient (Wildman–Crippen LogP) is 1.91. The summed E-state index contributed by atoms with van der Waals surface area (Å²) in [5.41, 5.74) is 0. The summed E-state index contributed by atoms with van der Waals surface area (Å²) in [5.74, 6) is 6.73. The number of nitrogens with one attached hydrogen (secondary N) is 1. The number of rotatable bonds is 3. The highest BCUT2D eigenvalue weighted by Crippen LogP contribution is 1.98. The Balaban J connectivity index is 2.27. The van der Waals surface area contributed by atoms with Crippen molar-refractivity contribution in [3.8, 4) is 11.8 Å². The molecule has 0 saturated heterocycles. The summed E-state index contributed by atoms with van der Waals surface area (Å²) < 4.78 is 0. The molecule has 1 heterocycles. The zero-order valence-electron chi connectivity index (χ0n) is 7.17. The summed E-state index contributed by atoms with van der Waals surface area (Å²) in [4.78, 5) is 4.12. The molecule has 0 aliphatic carbocycles. The standard InChI is InChI=1S/C10H12N2/c1-2-3-5-8-11-10-7-4-6-9-12-10/h4,6-7,9H,5,8H2,1H3,(H,11,12). The second-order valence-corrected chi connectivity index (χ2v) is 2.32. The van der Waals surface area contributed by atoms with Crippen LogP contribution in [0.1, 0.15) is 13.3 Å². The molecule has 0 amide bonds. The first kappa shape index (κ1) is 8.61. The van der Waals surface area contributed by atoms with Crippen molar-refractivity contribution in [3.05, 3.63) is 24.4 Å². The Morgan fingerprint density at radius 2 is 2.42 bits per heavy atom. The number of pyridine rings is 1. The summed E-state index contributed by atoms with van der Waals surface area (Å²) in [6.45, 7) is 2.71. The molecule has 0 fully saturated rings. The minimum absolute atomic E-state index is 0.859. The fourth-order valence-electron chi connectivity index (χ4n) is 0.845. The lowest BCUT2D eigenvalue weighted by Gasteiger charge is -2.00. The van der Waals surface area contributed by atoms with Crippen LogP contribution in [0.5, 0.6) is 0 Å². The van der Waals surface area contributed by atoms with Gasteiger partial charge in [-0.05, 0) is 19.1 Å². The topological polar surface area (TPSA) is 24.9 Å². The lowest BCUT2D eigenvalue weighted by atomic mass is 10.4. The molecule has 0 bridgehead atoms. The van der Waals surface area contributed by atoms with Crippen molar-refractivity contribution < 1.29 is 0 Å². The number of anilines is 1. The van der Waals surface area contributed by atoms with E-state index in [9.17, 15) is 0 Å². The van der Waals surface area contributed by atoms with Gasteiger partial charge in [0.2, 0.25) is 0 Å². The summed E-state index contributed by atoms with van der Waals surface area (Å²) >= 11 is 0. The SMILES string of the molecule is CC#CCCNc1ccccn1. The van der Waals surface area contributed by atoms with E-state index in [1.807, 2.05) is 25.1 Å². The third kappa shape index (κ3) is 3.07. The molecule has 0 aromatic carbocycles. The maximum Gasteiger partial charge on any atom is 0.125 e. The lowest BCUT2D eigenvalue weighted by Crippen LogP contribution is -2.01. The van der Waals surface area contributed by atoms with Crippen molar-refractivity contribution >= 4 is 5.82 Å². The third-order valence-electron chi connectivity index (χ3n) is 1.40. The maximum atomic E-state index is 4.12. The number of nitrogens with zero attached hydrogens (tertiary/aromatic N) is 1. The van der Waals surface area contributed by atoms with Crippen LogP contribution in [0, 0.1) is 11.8 Å². The van der Waals surface area contributed by atoms with Gasteiger partial charge in [0.15, 0.2) is 0 Å². The van der Waals surface area contributed by atoms with Gasteiger partial charge in [-0.2, -0.15) is 0 Å². The van der Waals surface area contributed by atoms with Gasteiger partial charge in [-0.25, -0.2) is 4.98 Å². The van der Waals surface area contributed by atoms with Crippen molar-refractivity contribution in [2.24, 2.45) is 0 Å². The van der Waals surface area contributed by atoms with Crippen LogP contribution in [0.3, 0.4) is 0 Å². The summed E-state index contributed by atoms with van der Waals surface area (Å²) in [5, 5.41) is 3.17. The molecular weight excluding hydrogens is 148 g/mol. The molecule has 2 heteroatoms. The van der Waals surface area contributed by atoms with Crippen LogP contribution < -0.4 is 5.32 Å². The Labute approximate surface area is 73.0 Å². The maximum absolute atomic E-state index is 4.12. The van der Waals surface area contributed by atoms with Crippen LogP contribution in [0.4, 0.5) is 5.82 Å². The average molecular weight is 160 g/mol. The van der Waals surface area contributed by atoms with Crippen LogP contribution in [-0.4, -0.2) is 11.5 Å². The van der Waals surface area contributed by atoms with Crippen LogP contribution in [0.2, 0.25) is 0 Å². The van der Waals surface area contributed by atoms with Crippen molar-refractivity contribution in [3.63, 3.8) is 0 Å². The van der Waals surface area contributed by atoms with Crippen molar-refractivity contribution in [1.82, 2.24) is 4.98 Å². The van der Waals surface area contributed by atoms with E-state index >= 15 is 0 Å². The average Bonchev–Trinajstić information content (AvgIpc) is 2.14. The molecule has 1 aromatic rings. The van der Waals surface area contributed by atoms with Gasteiger partial charge in [-0.3, -0.25) is 0 Å². The Bertz CT molecular complexity index is 269. The van der Waals surface area contributed by atoms with E-state index in [1.165, 1.54) is 0 Å². The minimum atomic E-state index is 0.859. The van der Waals surface area contributed by atoms with E-state index < -0.39 is 0 Å². The van der Waals surface area contributed by atoms with E-state index in [0.29, 0.717) is 0 Å². The predicted molar refractivity (Wildman–Crippen MR) is 50.8 cm³/mol. The molecule has 0 unspecified atom stereocenters. The zero-order chi connectivity index (χ0) is 8.65. The van der Waals surface area contributed by atoms with E-state index in [4.69, 9.17) is 0 Å². The molecule has 0 atom stereocenters. The van der Waals surface area contributed by atoms with Gasteiger partial charge in [0.25, 0.3) is 0 Å². The van der Waals surface area contributed by atoms with Crippen molar-refractivity contribution in [2.45, 2.75) is 13.3 Å². The van der Waals surface area contributed by atoms with Gasteiger partial charge < -0.3 is 5.32 Å². The van der Waals surface area contributed by atoms with Gasteiger partial charge in [-0.1, -0.05) is 6.07 Å². The fraction of sp³-hybridized carbons (Fsp3) is 0.300. The second-order valence-electron chi connectivity index (χ2n) is 2.32. The molecule has 12 heavy (non-hydrogen) atoms. The zero-order valence-corrected chi connectivity index (χ0v) is 7.17. The second kappa shape index (κ2) is 5.20. The van der Waals surface area contributed by atoms with Gasteiger partial charge in [-0.15, -0.1) is 11.8 Å². The summed E-state index contributed by atoms with van der Waals surface area (Å²) in [6, 6.07) is 5.80. The third-order valence-corrected chi connectivity index (χ3v) is 1.40. The fourth-order valence-corrected chi connectivity index (χ4v) is 0.845. The molecule has 0 radical (unpaired) electrons. The Hall–Kier alpha value is -1.49. The number of hydrogen-bond donors (Lipinski definition) is 1. The molecule has 1 rings (SSSR count). The largest absolute Gasteiger partial charge is 0.369 e. The molecule has 0 spiro atoms. The highest BCUT2D eigenvalue weighted by molar-refractivity contribution is 5.33. The molecule has 1 aromatic heterocycles. The summed E-state index contributed by atoms with van der Waals surface area (Å²) in [6.07, 6.45) is 2.64. The first-order chi connectivity index (χ1) is 5.93. The van der Waals surface area contributed by atoms with Crippen LogP contribution >= 0.6 is 0 Å². The van der Waals surface area contributed by atoms with E-state index in [0.717, 1.165) is 18.8 Å². The van der Waals surface area contributed by atoms with Gasteiger partial charge in [0.1, 0.15) is 5.82 Å². The Morgan fingerprint density at radius 3 is 3.08 bits per heavy atom. The van der Waals surface area contributed by atoms with Crippen LogP contribution in [0.15, 0.2) is 24.4 Å². The molecule has 62 valence electrons. The van der Waals surface area contributed by atoms with Crippen molar-refractivity contribution in [1.29, 1.82) is 0 Å². The van der Waals surface area contributed by atoms with Crippen molar-refractivity contribution in [2.75, 3.05) is 11.9 Å². The van der Waals surface area contributed by atoms with E-state index in [2.05, 4.69) is 22.1 Å². The molecule has 0 aliphatic heterocycles. The number of aromatic nitrogens is 1. The smallest absolute Gasteiger partial charge is 0.125 e. The minimum Gasteiger partial charge on any atom is -0.369 e. The molecule has 2 nitrogen and oxygen atoms in total. The van der Waals surface area contributed by atoms with Crippen LogP contribution in [-0.2, 0) is 0 Å². The number of hydrogen-bond acceptors (Lipinski definition) is 2. The summed E-state index contributed by atoms with van der Waals surface area (Å²) in [7, 11) is 0. The Morgan fingerprint density at radius 1 is 1.50 bits per heavy atom. The van der Waals surface area contributed by atoms with E-state index in [1.54, 1.807) is 6.20 Å². The lowest BCUT2D eigenvalue weighted by molar-refractivity contribution is 1.07. The quantitative estimate of drug-likeness (QED) is 0.539. The Kier molecular flexibility index (Phi) is 3.73. The molecule has 0 saturated carbocycles. The van der Waals surface area contributed by atoms with Crippen LogP contribution in [0.25, 0.3) is 0 Å². The van der Waals surface area contributed by atoms with E-state index in [-0.39, 0.29) is 0 Å². The first-order valence-electron chi connectivity index (χ1n) is 3.98. The van der Waals surface area contributed by atoms with Gasteiger partial charge >= 0.3 is 0 Å². The van der Waals surface area contributed by atoms with Gasteiger partial charge in [0.05, 0.1) is 0 Å². The normalized spacial score (nSPS) is 8.42. The molecule has 1 N–H and O–H groups in total. The first-order valence-corrected chi connectivity index (χ1v) is 3.98. The molecular formula is C10H12N2. The monoisotopic (exact) mass is 160 g/mol. The molecule has 0 aliphatic rings. The highest BCUT2D eigenvalue weighted by atomic mass is 15.0. The van der Waals surface area contributed by atoms with Gasteiger partial charge in [0, 0.05) is 19.2 Å².